The van der Waals surface area contributed by atoms with Crippen molar-refractivity contribution in [3.05, 3.63) is 0 Å². The molecule has 0 bridgehead atoms. The molecule has 0 heterocycles. The highest BCUT2D eigenvalue weighted by Gasteiger charge is 2.20. The summed E-state index contributed by atoms with van der Waals surface area (Å²) in [5.41, 5.74) is 5.33. The second kappa shape index (κ2) is 7.05. The van der Waals surface area contributed by atoms with Crippen molar-refractivity contribution >= 4 is 11.7 Å². The Morgan fingerprint density at radius 1 is 1.67 bits per heavy atom. The molecule has 0 rings (SSSR count). The molecule has 0 aliphatic rings. The Hall–Kier alpha value is -1.30. The molecule has 1 amide bonds. The van der Waals surface area contributed by atoms with E-state index in [1.807, 2.05) is 6.92 Å². The van der Waals surface area contributed by atoms with Crippen LogP contribution in [0, 0.1) is 5.92 Å². The van der Waals surface area contributed by atoms with Gasteiger partial charge in [-0.25, -0.2) is 0 Å². The third-order valence-corrected chi connectivity index (χ3v) is 2.08. The highest BCUT2D eigenvalue weighted by atomic mass is 16.5. The molecule has 0 aliphatic carbocycles. The molecule has 1 atom stereocenters. The fraction of sp³-hybridized carbons (Fsp3) is 0.778. The quantitative estimate of drug-likeness (QED) is 0.213. The first-order valence-electron chi connectivity index (χ1n) is 4.84. The third-order valence-electron chi connectivity index (χ3n) is 2.08. The van der Waals surface area contributed by atoms with Crippen LogP contribution < -0.4 is 5.73 Å². The highest BCUT2D eigenvalue weighted by Crippen LogP contribution is 2.00. The molecular weight excluding hydrogens is 198 g/mol. The molecule has 15 heavy (non-hydrogen) atoms. The lowest BCUT2D eigenvalue weighted by Gasteiger charge is -2.20. The molecule has 1 unspecified atom stereocenters. The van der Waals surface area contributed by atoms with E-state index in [9.17, 15) is 4.79 Å². The van der Waals surface area contributed by atoms with Crippen molar-refractivity contribution in [3.8, 4) is 0 Å². The van der Waals surface area contributed by atoms with E-state index in [2.05, 4.69) is 5.16 Å². The average molecular weight is 217 g/mol. The summed E-state index contributed by atoms with van der Waals surface area (Å²) in [5.74, 6) is -0.880. The van der Waals surface area contributed by atoms with E-state index in [0.717, 1.165) is 0 Å². The molecule has 0 fully saturated rings. The molecular formula is C9H19N3O3. The maximum absolute atomic E-state index is 11.6. The fourth-order valence-corrected chi connectivity index (χ4v) is 1.000. The molecule has 0 aromatic rings. The summed E-state index contributed by atoms with van der Waals surface area (Å²) in [5, 5.41) is 11.2. The predicted molar refractivity (Wildman–Crippen MR) is 56.7 cm³/mol. The van der Waals surface area contributed by atoms with Gasteiger partial charge in [-0.15, -0.1) is 0 Å². The van der Waals surface area contributed by atoms with Crippen molar-refractivity contribution in [2.24, 2.45) is 16.8 Å². The minimum atomic E-state index is -0.610. The molecule has 6 nitrogen and oxygen atoms in total. The van der Waals surface area contributed by atoms with E-state index in [1.165, 1.54) is 4.90 Å². The van der Waals surface area contributed by atoms with Gasteiger partial charge in [0.25, 0.3) is 0 Å². The van der Waals surface area contributed by atoms with E-state index < -0.39 is 5.92 Å². The first-order chi connectivity index (χ1) is 7.04. The molecule has 0 spiro atoms. The Kier molecular flexibility index (Phi) is 6.44. The van der Waals surface area contributed by atoms with Crippen LogP contribution in [0.5, 0.6) is 0 Å². The zero-order valence-corrected chi connectivity index (χ0v) is 9.43. The number of nitrogens with zero attached hydrogens (tertiary/aromatic N) is 2. The van der Waals surface area contributed by atoms with Gasteiger partial charge in [0.15, 0.2) is 5.84 Å². The molecule has 0 aromatic carbocycles. The number of rotatable bonds is 6. The smallest absolute Gasteiger partial charge is 0.232 e. The Balaban J connectivity index is 4.08. The molecule has 0 aromatic heterocycles. The van der Waals surface area contributed by atoms with Crippen LogP contribution in [0.3, 0.4) is 0 Å². The van der Waals surface area contributed by atoms with Gasteiger partial charge in [0.1, 0.15) is 0 Å². The molecule has 0 radical (unpaired) electrons. The predicted octanol–water partition coefficient (Wildman–Crippen LogP) is -0.136. The van der Waals surface area contributed by atoms with Crippen LogP contribution in [-0.2, 0) is 9.53 Å². The van der Waals surface area contributed by atoms with Gasteiger partial charge in [0, 0.05) is 20.2 Å². The summed E-state index contributed by atoms with van der Waals surface area (Å²) in [6, 6.07) is 0. The van der Waals surface area contributed by atoms with Gasteiger partial charge in [-0.3, -0.25) is 4.79 Å². The van der Waals surface area contributed by atoms with Gasteiger partial charge < -0.3 is 20.6 Å². The zero-order chi connectivity index (χ0) is 11.8. The highest BCUT2D eigenvalue weighted by molar-refractivity contribution is 6.01. The van der Waals surface area contributed by atoms with Gasteiger partial charge in [0.05, 0.1) is 12.5 Å². The molecule has 6 heteroatoms. The van der Waals surface area contributed by atoms with Crippen LogP contribution in [0.15, 0.2) is 5.16 Å². The number of oxime groups is 1. The van der Waals surface area contributed by atoms with Gasteiger partial charge >= 0.3 is 0 Å². The lowest BCUT2D eigenvalue weighted by molar-refractivity contribution is -0.132. The van der Waals surface area contributed by atoms with Crippen molar-refractivity contribution in [1.29, 1.82) is 0 Å². The summed E-state index contributed by atoms with van der Waals surface area (Å²) in [4.78, 5) is 13.1. The van der Waals surface area contributed by atoms with Crippen LogP contribution in [0.4, 0.5) is 0 Å². The topological polar surface area (TPSA) is 88.2 Å². The van der Waals surface area contributed by atoms with E-state index in [0.29, 0.717) is 19.8 Å². The first-order valence-corrected chi connectivity index (χ1v) is 4.84. The van der Waals surface area contributed by atoms with E-state index in [4.69, 9.17) is 15.7 Å². The fourth-order valence-electron chi connectivity index (χ4n) is 1.000. The van der Waals surface area contributed by atoms with Gasteiger partial charge in [-0.1, -0.05) is 5.16 Å². The van der Waals surface area contributed by atoms with Gasteiger partial charge in [0.2, 0.25) is 5.91 Å². The Morgan fingerprint density at radius 3 is 2.73 bits per heavy atom. The lowest BCUT2D eigenvalue weighted by Crippen LogP contribution is -2.39. The van der Waals surface area contributed by atoms with Gasteiger partial charge in [-0.2, -0.15) is 0 Å². The second-order valence-electron chi connectivity index (χ2n) is 3.20. The standard InChI is InChI=1S/C9H19N3O3/c1-4-15-6-5-12(3)9(13)7(2)8(10)11-14/h7,14H,4-6H2,1-3H3,(H2,10,11). The summed E-state index contributed by atoms with van der Waals surface area (Å²) in [7, 11) is 1.66. The average Bonchev–Trinajstić information content (AvgIpc) is 2.26. The maximum Gasteiger partial charge on any atom is 0.232 e. The number of likely N-dealkylation sites (N-methyl/N-ethyl adjacent to an activating group) is 1. The normalized spacial score (nSPS) is 13.7. The summed E-state index contributed by atoms with van der Waals surface area (Å²) in [6.45, 7) is 5.09. The number of ether oxygens (including phenoxy) is 1. The molecule has 88 valence electrons. The second-order valence-corrected chi connectivity index (χ2v) is 3.20. The maximum atomic E-state index is 11.6. The van der Waals surface area contributed by atoms with Crippen LogP contribution in [0.25, 0.3) is 0 Å². The van der Waals surface area contributed by atoms with Crippen LogP contribution in [0.2, 0.25) is 0 Å². The number of amides is 1. The van der Waals surface area contributed by atoms with Crippen LogP contribution in [-0.4, -0.2) is 48.7 Å². The lowest BCUT2D eigenvalue weighted by atomic mass is 10.1. The molecule has 0 saturated carbocycles. The number of carbonyl (C=O) groups is 1. The van der Waals surface area contributed by atoms with Crippen molar-refractivity contribution in [1.82, 2.24) is 4.90 Å². The summed E-state index contributed by atoms with van der Waals surface area (Å²) in [6.07, 6.45) is 0. The molecule has 3 N–H and O–H groups in total. The summed E-state index contributed by atoms with van der Waals surface area (Å²) < 4.78 is 5.12. The number of nitrogens with two attached hydrogens (primary N) is 1. The number of carbonyl (C=O) groups excluding carboxylic acids is 1. The van der Waals surface area contributed by atoms with Crippen LogP contribution >= 0.6 is 0 Å². The Morgan fingerprint density at radius 2 is 2.27 bits per heavy atom. The number of amidine groups is 1. The van der Waals surface area contributed by atoms with Crippen molar-refractivity contribution in [2.45, 2.75) is 13.8 Å². The largest absolute Gasteiger partial charge is 0.409 e. The number of hydrogen-bond donors (Lipinski definition) is 2. The Bertz CT molecular complexity index is 231. The zero-order valence-electron chi connectivity index (χ0n) is 9.43. The van der Waals surface area contributed by atoms with Gasteiger partial charge in [-0.05, 0) is 13.8 Å². The summed E-state index contributed by atoms with van der Waals surface area (Å²) >= 11 is 0. The Labute approximate surface area is 89.7 Å². The third kappa shape index (κ3) is 4.64. The monoisotopic (exact) mass is 217 g/mol. The number of hydrogen-bond acceptors (Lipinski definition) is 4. The minimum Gasteiger partial charge on any atom is -0.409 e. The molecule has 0 aliphatic heterocycles. The van der Waals surface area contributed by atoms with Crippen molar-refractivity contribution in [3.63, 3.8) is 0 Å². The van der Waals surface area contributed by atoms with Crippen molar-refractivity contribution in [2.75, 3.05) is 26.8 Å². The van der Waals surface area contributed by atoms with E-state index in [-0.39, 0.29) is 11.7 Å². The van der Waals surface area contributed by atoms with E-state index in [1.54, 1.807) is 14.0 Å². The SMILES string of the molecule is CCOCCN(C)C(=O)C(C)C(N)=NO. The minimum absolute atomic E-state index is 0.0803. The van der Waals surface area contributed by atoms with E-state index >= 15 is 0 Å². The van der Waals surface area contributed by atoms with Crippen molar-refractivity contribution < 1.29 is 14.7 Å². The first kappa shape index (κ1) is 13.7. The van der Waals surface area contributed by atoms with Crippen LogP contribution in [0.1, 0.15) is 13.8 Å². The molecule has 0 saturated heterocycles.